The Hall–Kier alpha value is -2.48. The molecule has 2 amide bonds. The van der Waals surface area contributed by atoms with Crippen molar-refractivity contribution in [2.45, 2.75) is 19.9 Å². The van der Waals surface area contributed by atoms with Gasteiger partial charge in [-0.05, 0) is 13.0 Å². The zero-order valence-electron chi connectivity index (χ0n) is 12.0. The standard InChI is InChI=1S/C13H17N3O5/c1-8(7-21-3)14-13(18)11-6-10(16(19)20)4-5-12(11)15-9(2)17/h4-6,8H,7H2,1-3H3,(H,14,18)(H,15,17). The molecule has 0 spiro atoms. The summed E-state index contributed by atoms with van der Waals surface area (Å²) in [5.41, 5.74) is 0.0196. The van der Waals surface area contributed by atoms with Crippen LogP contribution in [0.1, 0.15) is 24.2 Å². The van der Waals surface area contributed by atoms with Crippen molar-refractivity contribution in [1.82, 2.24) is 5.32 Å². The second-order valence-corrected chi connectivity index (χ2v) is 4.50. The Balaban J connectivity index is 3.09. The van der Waals surface area contributed by atoms with Crippen LogP contribution in [0.4, 0.5) is 11.4 Å². The monoisotopic (exact) mass is 295 g/mol. The fourth-order valence-electron chi connectivity index (χ4n) is 1.73. The number of amides is 2. The Kier molecular flexibility index (Phi) is 5.79. The molecule has 0 aliphatic carbocycles. The van der Waals surface area contributed by atoms with Crippen LogP contribution in [0, 0.1) is 10.1 Å². The minimum atomic E-state index is -0.604. The lowest BCUT2D eigenvalue weighted by molar-refractivity contribution is -0.384. The molecule has 8 heteroatoms. The number of carbonyl (C=O) groups excluding carboxylic acids is 2. The lowest BCUT2D eigenvalue weighted by atomic mass is 10.1. The third-order valence-electron chi connectivity index (χ3n) is 2.56. The van der Waals surface area contributed by atoms with Crippen molar-refractivity contribution in [3.8, 4) is 0 Å². The number of nitro groups is 1. The molecule has 1 atom stereocenters. The van der Waals surface area contributed by atoms with Crippen molar-refractivity contribution in [2.75, 3.05) is 19.0 Å². The quantitative estimate of drug-likeness (QED) is 0.607. The number of non-ortho nitro benzene ring substituents is 1. The molecule has 1 aromatic rings. The van der Waals surface area contributed by atoms with E-state index in [0.29, 0.717) is 6.61 Å². The summed E-state index contributed by atoms with van der Waals surface area (Å²) >= 11 is 0. The van der Waals surface area contributed by atoms with Gasteiger partial charge in [0.15, 0.2) is 0 Å². The molecule has 21 heavy (non-hydrogen) atoms. The van der Waals surface area contributed by atoms with Gasteiger partial charge in [-0.25, -0.2) is 0 Å². The van der Waals surface area contributed by atoms with Gasteiger partial charge in [-0.2, -0.15) is 0 Å². The van der Waals surface area contributed by atoms with E-state index < -0.39 is 10.8 Å². The lowest BCUT2D eigenvalue weighted by Gasteiger charge is -2.15. The smallest absolute Gasteiger partial charge is 0.270 e. The molecule has 0 radical (unpaired) electrons. The van der Waals surface area contributed by atoms with Crippen molar-refractivity contribution >= 4 is 23.2 Å². The molecule has 0 aliphatic heterocycles. The Morgan fingerprint density at radius 2 is 2.10 bits per heavy atom. The van der Waals surface area contributed by atoms with Crippen LogP contribution in [-0.2, 0) is 9.53 Å². The van der Waals surface area contributed by atoms with E-state index in [1.165, 1.54) is 26.2 Å². The Morgan fingerprint density at radius 1 is 1.43 bits per heavy atom. The molecule has 2 N–H and O–H groups in total. The summed E-state index contributed by atoms with van der Waals surface area (Å²) < 4.78 is 4.90. The highest BCUT2D eigenvalue weighted by Gasteiger charge is 2.18. The third-order valence-corrected chi connectivity index (χ3v) is 2.56. The van der Waals surface area contributed by atoms with E-state index in [4.69, 9.17) is 4.74 Å². The van der Waals surface area contributed by atoms with E-state index in [2.05, 4.69) is 10.6 Å². The maximum Gasteiger partial charge on any atom is 0.270 e. The van der Waals surface area contributed by atoms with Gasteiger partial charge in [0.1, 0.15) is 0 Å². The van der Waals surface area contributed by atoms with Gasteiger partial charge >= 0.3 is 0 Å². The highest BCUT2D eigenvalue weighted by molar-refractivity contribution is 6.04. The molecule has 0 aromatic heterocycles. The van der Waals surface area contributed by atoms with E-state index in [1.807, 2.05) is 0 Å². The number of nitrogens with zero attached hydrogens (tertiary/aromatic N) is 1. The first-order chi connectivity index (χ1) is 9.85. The zero-order chi connectivity index (χ0) is 16.0. The predicted molar refractivity (Wildman–Crippen MR) is 76.2 cm³/mol. The highest BCUT2D eigenvalue weighted by atomic mass is 16.6. The molecule has 0 fully saturated rings. The van der Waals surface area contributed by atoms with E-state index >= 15 is 0 Å². The summed E-state index contributed by atoms with van der Waals surface area (Å²) in [6.45, 7) is 3.32. The van der Waals surface area contributed by atoms with Crippen LogP contribution in [0.3, 0.4) is 0 Å². The average molecular weight is 295 g/mol. The summed E-state index contributed by atoms with van der Waals surface area (Å²) in [7, 11) is 1.50. The average Bonchev–Trinajstić information content (AvgIpc) is 2.38. The lowest BCUT2D eigenvalue weighted by Crippen LogP contribution is -2.36. The number of hydrogen-bond donors (Lipinski definition) is 2. The fraction of sp³-hybridized carbons (Fsp3) is 0.385. The Labute approximate surface area is 121 Å². The second kappa shape index (κ2) is 7.34. The van der Waals surface area contributed by atoms with E-state index in [0.717, 1.165) is 6.07 Å². The molecule has 0 saturated heterocycles. The number of benzene rings is 1. The molecule has 0 saturated carbocycles. The number of carbonyl (C=O) groups is 2. The minimum Gasteiger partial charge on any atom is -0.383 e. The van der Waals surface area contributed by atoms with Gasteiger partial charge in [0.05, 0.1) is 22.8 Å². The number of methoxy groups -OCH3 is 1. The van der Waals surface area contributed by atoms with Crippen molar-refractivity contribution in [3.05, 3.63) is 33.9 Å². The maximum atomic E-state index is 12.2. The number of nitro benzene ring substituents is 1. The first-order valence-electron chi connectivity index (χ1n) is 6.21. The van der Waals surface area contributed by atoms with Crippen LogP contribution in [0.25, 0.3) is 0 Å². The van der Waals surface area contributed by atoms with Crippen molar-refractivity contribution in [3.63, 3.8) is 0 Å². The van der Waals surface area contributed by atoms with E-state index in [-0.39, 0.29) is 28.9 Å². The largest absolute Gasteiger partial charge is 0.383 e. The molecule has 0 heterocycles. The Morgan fingerprint density at radius 3 is 2.62 bits per heavy atom. The highest BCUT2D eigenvalue weighted by Crippen LogP contribution is 2.22. The molecule has 8 nitrogen and oxygen atoms in total. The van der Waals surface area contributed by atoms with Gasteiger partial charge in [0.25, 0.3) is 11.6 Å². The molecule has 0 aliphatic rings. The number of nitrogens with one attached hydrogen (secondary N) is 2. The van der Waals surface area contributed by atoms with Crippen molar-refractivity contribution in [2.24, 2.45) is 0 Å². The first-order valence-corrected chi connectivity index (χ1v) is 6.21. The molecule has 1 unspecified atom stereocenters. The van der Waals surface area contributed by atoms with Crippen LogP contribution >= 0.6 is 0 Å². The first kappa shape index (κ1) is 16.6. The molecule has 114 valence electrons. The van der Waals surface area contributed by atoms with Crippen LogP contribution in [0.15, 0.2) is 18.2 Å². The normalized spacial score (nSPS) is 11.6. The van der Waals surface area contributed by atoms with Crippen molar-refractivity contribution < 1.29 is 19.2 Å². The van der Waals surface area contributed by atoms with Crippen molar-refractivity contribution in [1.29, 1.82) is 0 Å². The summed E-state index contributed by atoms with van der Waals surface area (Å²) in [4.78, 5) is 33.5. The third kappa shape index (κ3) is 4.84. The van der Waals surface area contributed by atoms with Crippen LogP contribution in [0.5, 0.6) is 0 Å². The molecular weight excluding hydrogens is 278 g/mol. The summed E-state index contributed by atoms with van der Waals surface area (Å²) in [5.74, 6) is -0.894. The number of ether oxygens (including phenoxy) is 1. The van der Waals surface area contributed by atoms with Crippen LogP contribution in [0.2, 0.25) is 0 Å². The van der Waals surface area contributed by atoms with Gasteiger partial charge in [0, 0.05) is 32.2 Å². The van der Waals surface area contributed by atoms with Gasteiger partial charge in [-0.3, -0.25) is 19.7 Å². The summed E-state index contributed by atoms with van der Waals surface area (Å²) in [5, 5.41) is 15.9. The van der Waals surface area contributed by atoms with Gasteiger partial charge in [0.2, 0.25) is 5.91 Å². The second-order valence-electron chi connectivity index (χ2n) is 4.50. The fourth-order valence-corrected chi connectivity index (χ4v) is 1.73. The summed E-state index contributed by atoms with van der Waals surface area (Å²) in [6.07, 6.45) is 0. The van der Waals surface area contributed by atoms with Gasteiger partial charge in [-0.15, -0.1) is 0 Å². The van der Waals surface area contributed by atoms with Crippen LogP contribution in [-0.4, -0.2) is 36.5 Å². The maximum absolute atomic E-state index is 12.2. The van der Waals surface area contributed by atoms with E-state index in [1.54, 1.807) is 6.92 Å². The number of anilines is 1. The molecule has 1 aromatic carbocycles. The van der Waals surface area contributed by atoms with Gasteiger partial charge in [-0.1, -0.05) is 0 Å². The van der Waals surface area contributed by atoms with E-state index in [9.17, 15) is 19.7 Å². The Bertz CT molecular complexity index is 559. The van der Waals surface area contributed by atoms with Crippen LogP contribution < -0.4 is 10.6 Å². The summed E-state index contributed by atoms with van der Waals surface area (Å²) in [6, 6.07) is 3.41. The molecular formula is C13H17N3O5. The topological polar surface area (TPSA) is 111 Å². The predicted octanol–water partition coefficient (Wildman–Crippen LogP) is 1.32. The minimum absolute atomic E-state index is 0.0300. The number of hydrogen-bond acceptors (Lipinski definition) is 5. The zero-order valence-corrected chi connectivity index (χ0v) is 12.0. The SMILES string of the molecule is COCC(C)NC(=O)c1cc([N+](=O)[O-])ccc1NC(C)=O. The molecule has 1 rings (SSSR count). The van der Waals surface area contributed by atoms with Gasteiger partial charge < -0.3 is 15.4 Å². The number of rotatable bonds is 6. The molecule has 0 bridgehead atoms.